The molecule has 0 unspecified atom stereocenters. The predicted octanol–water partition coefficient (Wildman–Crippen LogP) is 3.23. The molecule has 2 atom stereocenters. The van der Waals surface area contributed by atoms with Crippen LogP contribution in [0.25, 0.3) is 0 Å². The van der Waals surface area contributed by atoms with Crippen molar-refractivity contribution >= 4 is 0 Å². The van der Waals surface area contributed by atoms with Crippen LogP contribution in [0.2, 0.25) is 0 Å². The first-order valence-corrected chi connectivity index (χ1v) is 10.1. The van der Waals surface area contributed by atoms with Crippen molar-refractivity contribution < 1.29 is 9.84 Å². The van der Waals surface area contributed by atoms with E-state index in [9.17, 15) is 5.11 Å². The lowest BCUT2D eigenvalue weighted by Crippen LogP contribution is -2.41. The third kappa shape index (κ3) is 5.88. The van der Waals surface area contributed by atoms with Gasteiger partial charge in [-0.05, 0) is 37.1 Å². The molecule has 1 fully saturated rings. The van der Waals surface area contributed by atoms with Gasteiger partial charge in [-0.15, -0.1) is 0 Å². The molecule has 0 aliphatic carbocycles. The van der Waals surface area contributed by atoms with E-state index in [1.807, 2.05) is 36.4 Å². The van der Waals surface area contributed by atoms with Gasteiger partial charge in [0.15, 0.2) is 0 Å². The van der Waals surface area contributed by atoms with E-state index in [1.165, 1.54) is 19.4 Å². The molecule has 0 saturated carbocycles. The number of nitrogens with zero attached hydrogens (tertiary/aromatic N) is 1. The third-order valence-electron chi connectivity index (χ3n) is 5.33. The van der Waals surface area contributed by atoms with Gasteiger partial charge in [-0.3, -0.25) is 4.90 Å². The van der Waals surface area contributed by atoms with Crippen molar-refractivity contribution in [3.05, 3.63) is 71.8 Å². The maximum absolute atomic E-state index is 10.4. The molecule has 0 radical (unpaired) electrons. The van der Waals surface area contributed by atoms with Crippen LogP contribution in [0.5, 0.6) is 0 Å². The summed E-state index contributed by atoms with van der Waals surface area (Å²) >= 11 is 0. The van der Waals surface area contributed by atoms with Gasteiger partial charge < -0.3 is 15.2 Å². The number of hydrogen-bond acceptors (Lipinski definition) is 4. The van der Waals surface area contributed by atoms with Crippen molar-refractivity contribution in [3.8, 4) is 0 Å². The summed E-state index contributed by atoms with van der Waals surface area (Å²) < 4.78 is 6.14. The summed E-state index contributed by atoms with van der Waals surface area (Å²) in [6, 6.07) is 21.0. The first kappa shape index (κ1) is 20.0. The van der Waals surface area contributed by atoms with Crippen LogP contribution in [-0.2, 0) is 4.74 Å². The molecule has 0 spiro atoms. The molecule has 1 aliphatic heterocycles. The monoisotopic (exact) mass is 368 g/mol. The molecule has 1 aliphatic rings. The van der Waals surface area contributed by atoms with Crippen LogP contribution in [0, 0.1) is 0 Å². The van der Waals surface area contributed by atoms with E-state index < -0.39 is 6.10 Å². The van der Waals surface area contributed by atoms with E-state index in [2.05, 4.69) is 41.4 Å². The number of hydrogen-bond donors (Lipinski definition) is 2. The Morgan fingerprint density at radius 3 is 2.30 bits per heavy atom. The van der Waals surface area contributed by atoms with Gasteiger partial charge in [-0.25, -0.2) is 0 Å². The average Bonchev–Trinajstić information content (AvgIpc) is 3.17. The van der Waals surface area contributed by atoms with E-state index in [0.717, 1.165) is 24.2 Å². The molecule has 2 N–H and O–H groups in total. The summed E-state index contributed by atoms with van der Waals surface area (Å²) in [6.45, 7) is 6.33. The molecule has 2 aromatic carbocycles. The number of benzene rings is 2. The number of rotatable bonds is 10. The number of nitrogens with one attached hydrogen (secondary N) is 1. The lowest BCUT2D eigenvalue weighted by Gasteiger charge is -2.24. The van der Waals surface area contributed by atoms with Crippen LogP contribution in [0.4, 0.5) is 0 Å². The zero-order chi connectivity index (χ0) is 18.9. The Kier molecular flexibility index (Phi) is 7.84. The van der Waals surface area contributed by atoms with Crippen LogP contribution in [0.3, 0.4) is 0 Å². The molecule has 146 valence electrons. The van der Waals surface area contributed by atoms with E-state index in [4.69, 9.17) is 4.74 Å². The fraction of sp³-hybridized carbons (Fsp3) is 0.478. The predicted molar refractivity (Wildman–Crippen MR) is 110 cm³/mol. The molecule has 0 aromatic heterocycles. The highest BCUT2D eigenvalue weighted by molar-refractivity contribution is 5.29. The second-order valence-electron chi connectivity index (χ2n) is 7.27. The molecule has 1 saturated heterocycles. The lowest BCUT2D eigenvalue weighted by atomic mass is 10.0. The summed E-state index contributed by atoms with van der Waals surface area (Å²) in [4.78, 5) is 2.51. The Morgan fingerprint density at radius 2 is 1.70 bits per heavy atom. The Morgan fingerprint density at radius 1 is 1.07 bits per heavy atom. The number of ether oxygens (including phenoxy) is 1. The van der Waals surface area contributed by atoms with Gasteiger partial charge in [0.1, 0.15) is 6.10 Å². The summed E-state index contributed by atoms with van der Waals surface area (Å²) in [6.07, 6.45) is 1.85. The quantitative estimate of drug-likeness (QED) is 0.676. The largest absolute Gasteiger partial charge is 0.389 e. The standard InChI is InChI=1S/C23H32N2O2/c1-2-25-15-9-14-21(25)16-24-17-22(26)18-27-23(19-10-5-3-6-11-19)20-12-7-4-8-13-20/h3-8,10-13,21-24,26H,2,9,14-18H2,1H3/t21-,22-/m0/s1. The van der Waals surface area contributed by atoms with E-state index >= 15 is 0 Å². The first-order chi connectivity index (χ1) is 13.3. The molecule has 4 heteroatoms. The Hall–Kier alpha value is -1.72. The van der Waals surface area contributed by atoms with Crippen LogP contribution in [0.1, 0.15) is 37.0 Å². The fourth-order valence-electron chi connectivity index (χ4n) is 3.87. The molecule has 4 nitrogen and oxygen atoms in total. The maximum atomic E-state index is 10.4. The number of likely N-dealkylation sites (tertiary alicyclic amines) is 1. The van der Waals surface area contributed by atoms with Crippen LogP contribution in [-0.4, -0.2) is 54.9 Å². The van der Waals surface area contributed by atoms with Crippen LogP contribution in [0.15, 0.2) is 60.7 Å². The SMILES string of the molecule is CCN1CCC[C@H]1CNC[C@H](O)COC(c1ccccc1)c1ccccc1. The summed E-state index contributed by atoms with van der Waals surface area (Å²) in [5.74, 6) is 0. The van der Waals surface area contributed by atoms with E-state index in [0.29, 0.717) is 19.2 Å². The highest BCUT2D eigenvalue weighted by atomic mass is 16.5. The van der Waals surface area contributed by atoms with Crippen molar-refractivity contribution in [1.82, 2.24) is 10.2 Å². The van der Waals surface area contributed by atoms with Gasteiger partial charge in [-0.2, -0.15) is 0 Å². The minimum Gasteiger partial charge on any atom is -0.389 e. The van der Waals surface area contributed by atoms with Gasteiger partial charge in [0.05, 0.1) is 12.7 Å². The molecule has 0 amide bonds. The van der Waals surface area contributed by atoms with Crippen molar-refractivity contribution in [2.75, 3.05) is 32.8 Å². The van der Waals surface area contributed by atoms with Gasteiger partial charge >= 0.3 is 0 Å². The van der Waals surface area contributed by atoms with Crippen molar-refractivity contribution in [3.63, 3.8) is 0 Å². The Balaban J connectivity index is 1.49. The van der Waals surface area contributed by atoms with E-state index in [1.54, 1.807) is 0 Å². The van der Waals surface area contributed by atoms with E-state index in [-0.39, 0.29) is 6.10 Å². The van der Waals surface area contributed by atoms with Gasteiger partial charge in [0, 0.05) is 19.1 Å². The minimum absolute atomic E-state index is 0.160. The third-order valence-corrected chi connectivity index (χ3v) is 5.33. The molecule has 0 bridgehead atoms. The van der Waals surface area contributed by atoms with Gasteiger partial charge in [0.2, 0.25) is 0 Å². The Bertz CT molecular complexity index is 610. The smallest absolute Gasteiger partial charge is 0.108 e. The summed E-state index contributed by atoms with van der Waals surface area (Å²) in [5, 5.41) is 13.8. The topological polar surface area (TPSA) is 44.7 Å². The second kappa shape index (κ2) is 10.6. The maximum Gasteiger partial charge on any atom is 0.108 e. The molecule has 2 aromatic rings. The van der Waals surface area contributed by atoms with Crippen LogP contribution >= 0.6 is 0 Å². The molecule has 27 heavy (non-hydrogen) atoms. The zero-order valence-electron chi connectivity index (χ0n) is 16.3. The van der Waals surface area contributed by atoms with Gasteiger partial charge in [-0.1, -0.05) is 67.6 Å². The molecule has 1 heterocycles. The summed E-state index contributed by atoms with van der Waals surface area (Å²) in [5.41, 5.74) is 2.21. The number of aliphatic hydroxyl groups excluding tert-OH is 1. The van der Waals surface area contributed by atoms with Crippen LogP contribution < -0.4 is 5.32 Å². The number of likely N-dealkylation sites (N-methyl/N-ethyl adjacent to an activating group) is 1. The fourth-order valence-corrected chi connectivity index (χ4v) is 3.87. The Labute approximate surface area is 163 Å². The van der Waals surface area contributed by atoms with Crippen molar-refractivity contribution in [2.24, 2.45) is 0 Å². The van der Waals surface area contributed by atoms with Crippen molar-refractivity contribution in [1.29, 1.82) is 0 Å². The highest BCUT2D eigenvalue weighted by Crippen LogP contribution is 2.25. The molecular weight excluding hydrogens is 336 g/mol. The zero-order valence-corrected chi connectivity index (χ0v) is 16.3. The molecule has 3 rings (SSSR count). The number of aliphatic hydroxyl groups is 1. The normalized spacial score (nSPS) is 18.9. The van der Waals surface area contributed by atoms with Crippen molar-refractivity contribution in [2.45, 2.75) is 38.0 Å². The summed E-state index contributed by atoms with van der Waals surface area (Å²) in [7, 11) is 0. The first-order valence-electron chi connectivity index (χ1n) is 10.1. The lowest BCUT2D eigenvalue weighted by molar-refractivity contribution is 0.00620. The molecular formula is C23H32N2O2. The average molecular weight is 369 g/mol. The highest BCUT2D eigenvalue weighted by Gasteiger charge is 2.22. The minimum atomic E-state index is -0.517. The second-order valence-corrected chi connectivity index (χ2v) is 7.27. The van der Waals surface area contributed by atoms with Gasteiger partial charge in [0.25, 0.3) is 0 Å².